The molecule has 134 valence electrons. The highest BCUT2D eigenvalue weighted by atomic mass is 16.5. The molecule has 0 atom stereocenters. The summed E-state index contributed by atoms with van der Waals surface area (Å²) in [6, 6.07) is 11.9. The van der Waals surface area contributed by atoms with Gasteiger partial charge in [0.25, 0.3) is 0 Å². The van der Waals surface area contributed by atoms with E-state index in [0.717, 1.165) is 41.8 Å². The molecule has 7 nitrogen and oxygen atoms in total. The van der Waals surface area contributed by atoms with Gasteiger partial charge in [-0.2, -0.15) is 5.10 Å². The number of benzene rings is 1. The molecule has 1 aliphatic rings. The highest BCUT2D eigenvalue weighted by Crippen LogP contribution is 2.25. The number of hydrogen-bond donors (Lipinski definition) is 0. The molecule has 4 rings (SSSR count). The van der Waals surface area contributed by atoms with Gasteiger partial charge in [0.15, 0.2) is 5.69 Å². The van der Waals surface area contributed by atoms with Crippen LogP contribution in [0.15, 0.2) is 36.4 Å². The molecular formula is C19H20N4O3. The number of nitrogens with zero attached hydrogens (tertiary/aromatic N) is 4. The van der Waals surface area contributed by atoms with Crippen LogP contribution in [-0.4, -0.2) is 46.4 Å². The average molecular weight is 352 g/mol. The number of methoxy groups -OCH3 is 2. The van der Waals surface area contributed by atoms with E-state index in [1.165, 1.54) is 7.11 Å². The van der Waals surface area contributed by atoms with Gasteiger partial charge in [-0.05, 0) is 18.2 Å². The van der Waals surface area contributed by atoms with Crippen LogP contribution in [0.2, 0.25) is 0 Å². The van der Waals surface area contributed by atoms with Gasteiger partial charge in [-0.25, -0.2) is 9.78 Å². The second-order valence-corrected chi connectivity index (χ2v) is 6.30. The van der Waals surface area contributed by atoms with Crippen molar-refractivity contribution >= 4 is 16.9 Å². The Morgan fingerprint density at radius 1 is 1.19 bits per heavy atom. The van der Waals surface area contributed by atoms with Gasteiger partial charge >= 0.3 is 5.97 Å². The van der Waals surface area contributed by atoms with Gasteiger partial charge in [-0.1, -0.05) is 18.2 Å². The molecule has 1 aromatic carbocycles. The molecule has 0 unspecified atom stereocenters. The fourth-order valence-corrected chi connectivity index (χ4v) is 3.33. The lowest BCUT2D eigenvalue weighted by atomic mass is 10.1. The third kappa shape index (κ3) is 3.01. The molecule has 2 aromatic heterocycles. The molecule has 0 bridgehead atoms. The Hall–Kier alpha value is -2.93. The van der Waals surface area contributed by atoms with Crippen LogP contribution < -0.4 is 4.74 Å². The molecule has 0 aliphatic carbocycles. The van der Waals surface area contributed by atoms with Gasteiger partial charge in [0.1, 0.15) is 0 Å². The van der Waals surface area contributed by atoms with Gasteiger partial charge in [0.2, 0.25) is 5.88 Å². The van der Waals surface area contributed by atoms with Gasteiger partial charge in [-0.3, -0.25) is 9.58 Å². The topological polar surface area (TPSA) is 69.5 Å². The Labute approximate surface area is 151 Å². The molecular weight excluding hydrogens is 332 g/mol. The summed E-state index contributed by atoms with van der Waals surface area (Å²) in [4.78, 5) is 18.6. The van der Waals surface area contributed by atoms with Crippen LogP contribution >= 0.6 is 0 Å². The van der Waals surface area contributed by atoms with Gasteiger partial charge < -0.3 is 9.47 Å². The summed E-state index contributed by atoms with van der Waals surface area (Å²) in [5.74, 6) is 0.247. The SMILES string of the molecule is COC(=O)c1cc2n(n1)CCN(Cc1cc3ccccc3nc1OC)C2. The lowest BCUT2D eigenvalue weighted by Crippen LogP contribution is -2.33. The molecule has 26 heavy (non-hydrogen) atoms. The highest BCUT2D eigenvalue weighted by Gasteiger charge is 2.22. The van der Waals surface area contributed by atoms with E-state index in [9.17, 15) is 4.79 Å². The largest absolute Gasteiger partial charge is 0.481 e. The maximum absolute atomic E-state index is 11.7. The first-order valence-corrected chi connectivity index (χ1v) is 8.48. The molecule has 3 aromatic rings. The molecule has 0 N–H and O–H groups in total. The van der Waals surface area contributed by atoms with Crippen LogP contribution in [-0.2, 0) is 24.4 Å². The van der Waals surface area contributed by atoms with E-state index in [-0.39, 0.29) is 0 Å². The Balaban J connectivity index is 1.57. The smallest absolute Gasteiger partial charge is 0.358 e. The second-order valence-electron chi connectivity index (χ2n) is 6.30. The zero-order chi connectivity index (χ0) is 18.1. The summed E-state index contributed by atoms with van der Waals surface area (Å²) in [5.41, 5.74) is 3.33. The van der Waals surface area contributed by atoms with Crippen molar-refractivity contribution in [1.29, 1.82) is 0 Å². The first-order chi connectivity index (χ1) is 12.7. The summed E-state index contributed by atoms with van der Waals surface area (Å²) in [6.45, 7) is 3.00. The van der Waals surface area contributed by atoms with E-state index in [2.05, 4.69) is 27.1 Å². The predicted octanol–water partition coefficient (Wildman–Crippen LogP) is 2.24. The number of rotatable bonds is 4. The number of esters is 1. The van der Waals surface area contributed by atoms with Crippen molar-refractivity contribution in [1.82, 2.24) is 19.7 Å². The maximum Gasteiger partial charge on any atom is 0.358 e. The van der Waals surface area contributed by atoms with Crippen LogP contribution in [0.25, 0.3) is 10.9 Å². The summed E-state index contributed by atoms with van der Waals surface area (Å²) in [7, 11) is 3.01. The van der Waals surface area contributed by atoms with E-state index in [4.69, 9.17) is 9.47 Å². The first-order valence-electron chi connectivity index (χ1n) is 8.48. The molecule has 1 aliphatic heterocycles. The van der Waals surface area contributed by atoms with Crippen LogP contribution in [0, 0.1) is 0 Å². The number of para-hydroxylation sites is 1. The Morgan fingerprint density at radius 2 is 2.04 bits per heavy atom. The average Bonchev–Trinajstić information content (AvgIpc) is 3.10. The number of ether oxygens (including phenoxy) is 2. The minimum atomic E-state index is -0.404. The standard InChI is InChI=1S/C19H20N4O3/c1-25-18-14(9-13-5-3-4-6-16(13)20-18)11-22-7-8-23-15(12-22)10-17(21-23)19(24)26-2/h3-6,9-10H,7-8,11-12H2,1-2H3. The molecule has 0 radical (unpaired) electrons. The van der Waals surface area contributed by atoms with E-state index < -0.39 is 5.97 Å². The molecule has 0 spiro atoms. The van der Waals surface area contributed by atoms with Crippen LogP contribution in [0.3, 0.4) is 0 Å². The fraction of sp³-hybridized carbons (Fsp3) is 0.316. The Morgan fingerprint density at radius 3 is 2.85 bits per heavy atom. The van der Waals surface area contributed by atoms with Crippen molar-refractivity contribution in [3.8, 4) is 5.88 Å². The number of carbonyl (C=O) groups is 1. The van der Waals surface area contributed by atoms with Crippen molar-refractivity contribution in [2.75, 3.05) is 20.8 Å². The maximum atomic E-state index is 11.7. The van der Waals surface area contributed by atoms with Gasteiger partial charge in [0, 0.05) is 30.6 Å². The number of carbonyl (C=O) groups excluding carboxylic acids is 1. The highest BCUT2D eigenvalue weighted by molar-refractivity contribution is 5.87. The lowest BCUT2D eigenvalue weighted by molar-refractivity contribution is 0.0593. The molecule has 0 amide bonds. The summed E-state index contributed by atoms with van der Waals surface area (Å²) < 4.78 is 12.1. The third-order valence-electron chi connectivity index (χ3n) is 4.62. The molecule has 0 saturated carbocycles. The van der Waals surface area contributed by atoms with Crippen molar-refractivity contribution in [2.24, 2.45) is 0 Å². The van der Waals surface area contributed by atoms with E-state index in [0.29, 0.717) is 18.1 Å². The monoisotopic (exact) mass is 352 g/mol. The van der Waals surface area contributed by atoms with Gasteiger partial charge in [-0.15, -0.1) is 0 Å². The Kier molecular flexibility index (Phi) is 4.30. The number of aromatic nitrogens is 3. The van der Waals surface area contributed by atoms with Crippen molar-refractivity contribution in [3.05, 3.63) is 53.3 Å². The normalized spacial score (nSPS) is 14.2. The number of pyridine rings is 1. The third-order valence-corrected chi connectivity index (χ3v) is 4.62. The molecule has 0 fully saturated rings. The first kappa shape index (κ1) is 16.5. The number of fused-ring (bicyclic) bond motifs is 2. The second kappa shape index (κ2) is 6.76. The summed E-state index contributed by atoms with van der Waals surface area (Å²) >= 11 is 0. The van der Waals surface area contributed by atoms with Crippen molar-refractivity contribution in [2.45, 2.75) is 19.6 Å². The molecule has 7 heteroatoms. The van der Waals surface area contributed by atoms with Crippen LogP contribution in [0.1, 0.15) is 21.7 Å². The van der Waals surface area contributed by atoms with Crippen LogP contribution in [0.5, 0.6) is 5.88 Å². The molecule has 0 saturated heterocycles. The Bertz CT molecular complexity index is 967. The zero-order valence-corrected chi connectivity index (χ0v) is 14.8. The predicted molar refractivity (Wildman–Crippen MR) is 96.0 cm³/mol. The van der Waals surface area contributed by atoms with E-state index in [1.807, 2.05) is 22.9 Å². The van der Waals surface area contributed by atoms with Crippen LogP contribution in [0.4, 0.5) is 0 Å². The fourth-order valence-electron chi connectivity index (χ4n) is 3.33. The van der Waals surface area contributed by atoms with Gasteiger partial charge in [0.05, 0.1) is 32.0 Å². The van der Waals surface area contributed by atoms with E-state index >= 15 is 0 Å². The lowest BCUT2D eigenvalue weighted by Gasteiger charge is -2.27. The molecule has 3 heterocycles. The van der Waals surface area contributed by atoms with E-state index in [1.54, 1.807) is 13.2 Å². The minimum absolute atomic E-state index is 0.356. The number of hydrogen-bond acceptors (Lipinski definition) is 6. The summed E-state index contributed by atoms with van der Waals surface area (Å²) in [6.07, 6.45) is 0. The van der Waals surface area contributed by atoms with Crippen molar-refractivity contribution in [3.63, 3.8) is 0 Å². The zero-order valence-electron chi connectivity index (χ0n) is 14.8. The summed E-state index contributed by atoms with van der Waals surface area (Å²) in [5, 5.41) is 5.41. The van der Waals surface area contributed by atoms with Crippen molar-refractivity contribution < 1.29 is 14.3 Å². The quantitative estimate of drug-likeness (QED) is 0.671. The minimum Gasteiger partial charge on any atom is -0.481 e.